The van der Waals surface area contributed by atoms with Gasteiger partial charge in [0.15, 0.2) is 0 Å². The molecular weight excluding hydrogens is 326 g/mol. The van der Waals surface area contributed by atoms with E-state index in [-0.39, 0.29) is 11.6 Å². The Morgan fingerprint density at radius 2 is 2.25 bits per heavy atom. The van der Waals surface area contributed by atoms with E-state index in [1.54, 1.807) is 12.1 Å². The summed E-state index contributed by atoms with van der Waals surface area (Å²) in [4.78, 5) is 23.3. The van der Waals surface area contributed by atoms with E-state index in [0.717, 1.165) is 16.9 Å². The summed E-state index contributed by atoms with van der Waals surface area (Å²) >= 11 is 1.37. The molecule has 2 aromatic rings. The van der Waals surface area contributed by atoms with E-state index >= 15 is 0 Å². The van der Waals surface area contributed by atoms with Gasteiger partial charge in [-0.1, -0.05) is 19.1 Å². The number of benzene rings is 1. The SMILES string of the molecule is CCc1c(C)sc(NC(=O)/C=C/c2cccc([N+](=O)[O-])c2)c1C#N. The van der Waals surface area contributed by atoms with Crippen LogP contribution in [0.4, 0.5) is 10.7 Å². The highest BCUT2D eigenvalue weighted by Crippen LogP contribution is 2.32. The third-order valence-corrected chi connectivity index (χ3v) is 4.48. The number of non-ortho nitro benzene ring substituents is 1. The Hall–Kier alpha value is -2.98. The minimum atomic E-state index is -0.489. The van der Waals surface area contributed by atoms with E-state index in [1.807, 2.05) is 13.8 Å². The molecule has 1 aromatic heterocycles. The summed E-state index contributed by atoms with van der Waals surface area (Å²) in [6, 6.07) is 8.13. The van der Waals surface area contributed by atoms with Gasteiger partial charge in [-0.15, -0.1) is 11.3 Å². The number of amides is 1. The Bertz CT molecular complexity index is 862. The molecule has 0 saturated carbocycles. The summed E-state index contributed by atoms with van der Waals surface area (Å²) in [5, 5.41) is 23.2. The highest BCUT2D eigenvalue weighted by Gasteiger charge is 2.15. The Kier molecular flexibility index (Phi) is 5.45. The molecule has 0 radical (unpaired) electrons. The second kappa shape index (κ2) is 7.53. The zero-order chi connectivity index (χ0) is 17.7. The first-order chi connectivity index (χ1) is 11.5. The van der Waals surface area contributed by atoms with Crippen molar-refractivity contribution in [1.82, 2.24) is 0 Å². The maximum absolute atomic E-state index is 12.0. The van der Waals surface area contributed by atoms with Crippen LogP contribution in [0.2, 0.25) is 0 Å². The average molecular weight is 341 g/mol. The molecule has 1 aromatic carbocycles. The predicted octanol–water partition coefficient (Wildman–Crippen LogP) is 4.05. The lowest BCUT2D eigenvalue weighted by molar-refractivity contribution is -0.384. The van der Waals surface area contributed by atoms with Gasteiger partial charge in [-0.25, -0.2) is 0 Å². The molecule has 0 fully saturated rings. The van der Waals surface area contributed by atoms with Crippen molar-refractivity contribution >= 4 is 34.0 Å². The molecule has 1 heterocycles. The van der Waals surface area contributed by atoms with E-state index in [4.69, 9.17) is 0 Å². The third kappa shape index (κ3) is 3.86. The van der Waals surface area contributed by atoms with Crippen molar-refractivity contribution in [1.29, 1.82) is 5.26 Å². The van der Waals surface area contributed by atoms with E-state index < -0.39 is 4.92 Å². The molecule has 0 aliphatic carbocycles. The number of nitro benzene ring substituents is 1. The smallest absolute Gasteiger partial charge is 0.270 e. The van der Waals surface area contributed by atoms with Crippen LogP contribution in [-0.4, -0.2) is 10.8 Å². The fourth-order valence-electron chi connectivity index (χ4n) is 2.28. The maximum Gasteiger partial charge on any atom is 0.270 e. The second-order valence-corrected chi connectivity index (χ2v) is 6.21. The van der Waals surface area contributed by atoms with Crippen LogP contribution >= 0.6 is 11.3 Å². The molecule has 2 rings (SSSR count). The van der Waals surface area contributed by atoms with E-state index in [2.05, 4.69) is 11.4 Å². The summed E-state index contributed by atoms with van der Waals surface area (Å²) in [5.41, 5.74) is 1.96. The first-order valence-corrected chi connectivity index (χ1v) is 8.03. The van der Waals surface area contributed by atoms with Crippen LogP contribution in [0.3, 0.4) is 0 Å². The van der Waals surface area contributed by atoms with Crippen LogP contribution in [0.15, 0.2) is 30.3 Å². The van der Waals surface area contributed by atoms with Crippen molar-refractivity contribution in [2.24, 2.45) is 0 Å². The van der Waals surface area contributed by atoms with Crippen LogP contribution in [-0.2, 0) is 11.2 Å². The molecule has 0 unspecified atom stereocenters. The van der Waals surface area contributed by atoms with Crippen LogP contribution in [0.5, 0.6) is 0 Å². The van der Waals surface area contributed by atoms with E-state index in [1.165, 1.54) is 35.6 Å². The van der Waals surface area contributed by atoms with Crippen LogP contribution < -0.4 is 5.32 Å². The van der Waals surface area contributed by atoms with Crippen LogP contribution in [0, 0.1) is 28.4 Å². The lowest BCUT2D eigenvalue weighted by Crippen LogP contribution is -2.07. The standard InChI is InChI=1S/C17H15N3O3S/c1-3-14-11(2)24-17(15(14)10-18)19-16(21)8-7-12-5-4-6-13(9-12)20(22)23/h4-9H,3H2,1-2H3,(H,19,21)/b8-7+. The number of aryl methyl sites for hydroxylation is 1. The second-order valence-electron chi connectivity index (χ2n) is 4.98. The topological polar surface area (TPSA) is 96.0 Å². The first kappa shape index (κ1) is 17.4. The number of carbonyl (C=O) groups is 1. The number of nitriles is 1. The first-order valence-electron chi connectivity index (χ1n) is 7.22. The molecule has 0 aliphatic rings. The van der Waals surface area contributed by atoms with Gasteiger partial charge < -0.3 is 5.32 Å². The Labute approximate surface area is 143 Å². The minimum absolute atomic E-state index is 0.0363. The molecule has 0 aliphatic heterocycles. The van der Waals surface area contributed by atoms with Crippen molar-refractivity contribution in [3.8, 4) is 6.07 Å². The molecule has 0 atom stereocenters. The highest BCUT2D eigenvalue weighted by molar-refractivity contribution is 7.16. The fraction of sp³-hybridized carbons (Fsp3) is 0.176. The third-order valence-electron chi connectivity index (χ3n) is 3.42. The molecular formula is C17H15N3O3S. The van der Waals surface area contributed by atoms with Crippen molar-refractivity contribution in [3.05, 3.63) is 62.0 Å². The van der Waals surface area contributed by atoms with Gasteiger partial charge in [0.25, 0.3) is 5.69 Å². The number of nitrogens with one attached hydrogen (secondary N) is 1. The summed E-state index contributed by atoms with van der Waals surface area (Å²) in [6.45, 7) is 3.88. The largest absolute Gasteiger partial charge is 0.313 e. The molecule has 0 saturated heterocycles. The van der Waals surface area contributed by atoms with Gasteiger partial charge in [-0.3, -0.25) is 14.9 Å². The average Bonchev–Trinajstić information content (AvgIpc) is 2.87. The zero-order valence-electron chi connectivity index (χ0n) is 13.2. The molecule has 24 heavy (non-hydrogen) atoms. The van der Waals surface area contributed by atoms with Gasteiger partial charge in [0, 0.05) is 23.1 Å². The molecule has 122 valence electrons. The van der Waals surface area contributed by atoms with Gasteiger partial charge in [0.2, 0.25) is 5.91 Å². The minimum Gasteiger partial charge on any atom is -0.313 e. The van der Waals surface area contributed by atoms with Crippen molar-refractivity contribution in [2.75, 3.05) is 5.32 Å². The van der Waals surface area contributed by atoms with Crippen molar-refractivity contribution < 1.29 is 9.72 Å². The van der Waals surface area contributed by atoms with Gasteiger partial charge in [-0.05, 0) is 30.5 Å². The lowest BCUT2D eigenvalue weighted by atomic mass is 10.1. The Morgan fingerprint density at radius 1 is 1.50 bits per heavy atom. The Balaban J connectivity index is 2.16. The van der Waals surface area contributed by atoms with Crippen molar-refractivity contribution in [3.63, 3.8) is 0 Å². The van der Waals surface area contributed by atoms with E-state index in [0.29, 0.717) is 16.1 Å². The number of hydrogen-bond donors (Lipinski definition) is 1. The number of rotatable bonds is 5. The number of nitrogens with zero attached hydrogens (tertiary/aromatic N) is 2. The summed E-state index contributed by atoms with van der Waals surface area (Å²) < 4.78 is 0. The Morgan fingerprint density at radius 3 is 2.88 bits per heavy atom. The number of hydrogen-bond acceptors (Lipinski definition) is 5. The molecule has 1 amide bonds. The monoisotopic (exact) mass is 341 g/mol. The van der Waals surface area contributed by atoms with Crippen LogP contribution in [0.1, 0.15) is 28.5 Å². The highest BCUT2D eigenvalue weighted by atomic mass is 32.1. The van der Waals surface area contributed by atoms with Gasteiger partial charge in [0.05, 0.1) is 10.5 Å². The van der Waals surface area contributed by atoms with Gasteiger partial charge >= 0.3 is 0 Å². The molecule has 0 spiro atoms. The molecule has 7 heteroatoms. The zero-order valence-corrected chi connectivity index (χ0v) is 14.0. The predicted molar refractivity (Wildman–Crippen MR) is 93.9 cm³/mol. The number of nitro groups is 1. The van der Waals surface area contributed by atoms with Crippen molar-refractivity contribution in [2.45, 2.75) is 20.3 Å². The lowest BCUT2D eigenvalue weighted by Gasteiger charge is -2.00. The molecule has 1 N–H and O–H groups in total. The molecule has 0 bridgehead atoms. The van der Waals surface area contributed by atoms with Crippen LogP contribution in [0.25, 0.3) is 6.08 Å². The maximum atomic E-state index is 12.0. The van der Waals surface area contributed by atoms with E-state index in [9.17, 15) is 20.2 Å². The molecule has 6 nitrogen and oxygen atoms in total. The summed E-state index contributed by atoms with van der Waals surface area (Å²) in [5.74, 6) is -0.387. The summed E-state index contributed by atoms with van der Waals surface area (Å²) in [6.07, 6.45) is 3.51. The summed E-state index contributed by atoms with van der Waals surface area (Å²) in [7, 11) is 0. The quantitative estimate of drug-likeness (QED) is 0.504. The number of carbonyl (C=O) groups excluding carboxylic acids is 1. The normalized spacial score (nSPS) is 10.5. The number of anilines is 1. The van der Waals surface area contributed by atoms with Gasteiger partial charge in [-0.2, -0.15) is 5.26 Å². The number of thiophene rings is 1. The fourth-order valence-corrected chi connectivity index (χ4v) is 3.38. The van der Waals surface area contributed by atoms with Gasteiger partial charge in [0.1, 0.15) is 11.1 Å².